The maximum atomic E-state index is 3.42. The van der Waals surface area contributed by atoms with Crippen LogP contribution < -0.4 is 5.32 Å². The first kappa shape index (κ1) is 9.40. The summed E-state index contributed by atoms with van der Waals surface area (Å²) < 4.78 is 0. The summed E-state index contributed by atoms with van der Waals surface area (Å²) in [6.45, 7) is 2.27. The Kier molecular flexibility index (Phi) is 4.31. The van der Waals surface area contributed by atoms with Crippen LogP contribution in [0.3, 0.4) is 0 Å². The third kappa shape index (κ3) is 2.68. The zero-order valence-corrected chi connectivity index (χ0v) is 8.41. The van der Waals surface area contributed by atoms with Gasteiger partial charge in [-0.1, -0.05) is 13.3 Å². The van der Waals surface area contributed by atoms with Crippen molar-refractivity contribution in [2.45, 2.75) is 43.9 Å². The molecule has 1 fully saturated rings. The molecule has 1 N–H and O–H groups in total. The highest BCUT2D eigenvalue weighted by Gasteiger charge is 2.23. The zero-order chi connectivity index (χ0) is 8.10. The van der Waals surface area contributed by atoms with Gasteiger partial charge in [-0.2, -0.15) is 11.8 Å². The van der Waals surface area contributed by atoms with E-state index < -0.39 is 0 Å². The van der Waals surface area contributed by atoms with Gasteiger partial charge < -0.3 is 5.32 Å². The van der Waals surface area contributed by atoms with Crippen LogP contribution in [0.4, 0.5) is 0 Å². The molecule has 1 aliphatic heterocycles. The molecule has 2 atom stereocenters. The lowest BCUT2D eigenvalue weighted by Crippen LogP contribution is -2.34. The van der Waals surface area contributed by atoms with Crippen molar-refractivity contribution in [2.75, 3.05) is 12.8 Å². The summed E-state index contributed by atoms with van der Waals surface area (Å²) in [5, 5.41) is 4.33. The molecule has 1 heterocycles. The highest BCUT2D eigenvalue weighted by molar-refractivity contribution is 8.00. The number of hydrogen-bond donors (Lipinski definition) is 1. The summed E-state index contributed by atoms with van der Waals surface area (Å²) in [6, 6.07) is 0.771. The minimum atomic E-state index is 0.771. The van der Waals surface area contributed by atoms with E-state index in [4.69, 9.17) is 0 Å². The van der Waals surface area contributed by atoms with Crippen LogP contribution in [0.2, 0.25) is 0 Å². The molecular weight excluding hydrogens is 154 g/mol. The van der Waals surface area contributed by atoms with Gasteiger partial charge in [0.05, 0.1) is 0 Å². The van der Waals surface area contributed by atoms with E-state index in [-0.39, 0.29) is 0 Å². The lowest BCUT2D eigenvalue weighted by molar-refractivity contribution is 0.488. The summed E-state index contributed by atoms with van der Waals surface area (Å²) in [5.41, 5.74) is 0. The zero-order valence-electron chi connectivity index (χ0n) is 7.60. The van der Waals surface area contributed by atoms with Gasteiger partial charge in [0.25, 0.3) is 0 Å². The Bertz CT molecular complexity index is 99.7. The Hall–Kier alpha value is 0.310. The predicted octanol–water partition coefficient (Wildman–Crippen LogP) is 2.27. The van der Waals surface area contributed by atoms with Gasteiger partial charge in [0.2, 0.25) is 0 Å². The van der Waals surface area contributed by atoms with E-state index in [0.29, 0.717) is 0 Å². The maximum absolute atomic E-state index is 3.42. The van der Waals surface area contributed by atoms with E-state index in [9.17, 15) is 0 Å². The van der Waals surface area contributed by atoms with E-state index >= 15 is 0 Å². The fourth-order valence-electron chi connectivity index (χ4n) is 1.75. The van der Waals surface area contributed by atoms with E-state index in [1.807, 2.05) is 0 Å². The van der Waals surface area contributed by atoms with Crippen molar-refractivity contribution in [3.8, 4) is 0 Å². The first-order valence-corrected chi connectivity index (χ1v) is 5.72. The van der Waals surface area contributed by atoms with Gasteiger partial charge in [0, 0.05) is 11.3 Å². The van der Waals surface area contributed by atoms with Gasteiger partial charge in [-0.3, -0.25) is 0 Å². The fourth-order valence-corrected chi connectivity index (χ4v) is 3.22. The van der Waals surface area contributed by atoms with E-state index in [2.05, 4.69) is 31.1 Å². The number of nitrogens with one attached hydrogen (secondary N) is 1. The summed E-state index contributed by atoms with van der Waals surface area (Å²) in [6.07, 6.45) is 5.50. The third-order valence-electron chi connectivity index (χ3n) is 2.38. The van der Waals surface area contributed by atoms with Crippen LogP contribution in [0.1, 0.15) is 32.6 Å². The van der Waals surface area contributed by atoms with Gasteiger partial charge in [0.1, 0.15) is 0 Å². The molecule has 0 aromatic rings. The maximum Gasteiger partial charge on any atom is 0.0201 e. The van der Waals surface area contributed by atoms with Crippen LogP contribution in [0, 0.1) is 0 Å². The lowest BCUT2D eigenvalue weighted by atomic mass is 10.1. The molecule has 0 aliphatic carbocycles. The quantitative estimate of drug-likeness (QED) is 0.700. The smallest absolute Gasteiger partial charge is 0.0201 e. The molecule has 1 saturated heterocycles. The highest BCUT2D eigenvalue weighted by Crippen LogP contribution is 2.30. The molecule has 2 unspecified atom stereocenters. The Labute approximate surface area is 74.3 Å². The molecule has 11 heavy (non-hydrogen) atoms. The van der Waals surface area contributed by atoms with Crippen LogP contribution in [0.25, 0.3) is 0 Å². The van der Waals surface area contributed by atoms with Crippen LogP contribution in [-0.4, -0.2) is 24.1 Å². The Morgan fingerprint density at radius 2 is 2.45 bits per heavy atom. The number of hydrogen-bond acceptors (Lipinski definition) is 2. The molecule has 1 aliphatic rings. The number of thioether (sulfide) groups is 1. The van der Waals surface area contributed by atoms with Crippen LogP contribution in [0.5, 0.6) is 0 Å². The SMILES string of the molecule is CCCC(NC)C1CCCS1. The molecule has 2 heteroatoms. The fraction of sp³-hybridized carbons (Fsp3) is 1.00. The van der Waals surface area contributed by atoms with Crippen molar-refractivity contribution in [3.63, 3.8) is 0 Å². The molecule has 66 valence electrons. The largest absolute Gasteiger partial charge is 0.316 e. The highest BCUT2D eigenvalue weighted by atomic mass is 32.2. The molecular formula is C9H19NS. The predicted molar refractivity (Wildman–Crippen MR) is 53.2 cm³/mol. The summed E-state index contributed by atoms with van der Waals surface area (Å²) in [4.78, 5) is 0. The molecule has 0 spiro atoms. The first-order chi connectivity index (χ1) is 5.38. The van der Waals surface area contributed by atoms with E-state index in [1.165, 1.54) is 31.4 Å². The molecule has 1 nitrogen and oxygen atoms in total. The van der Waals surface area contributed by atoms with Crippen molar-refractivity contribution in [1.29, 1.82) is 0 Å². The topological polar surface area (TPSA) is 12.0 Å². The van der Waals surface area contributed by atoms with Gasteiger partial charge in [0.15, 0.2) is 0 Å². The number of rotatable bonds is 4. The van der Waals surface area contributed by atoms with E-state index in [0.717, 1.165) is 11.3 Å². The Morgan fingerprint density at radius 3 is 2.91 bits per heavy atom. The average molecular weight is 173 g/mol. The van der Waals surface area contributed by atoms with Gasteiger partial charge in [-0.25, -0.2) is 0 Å². The van der Waals surface area contributed by atoms with Crippen molar-refractivity contribution in [2.24, 2.45) is 0 Å². The van der Waals surface area contributed by atoms with Crippen LogP contribution in [-0.2, 0) is 0 Å². The minimum Gasteiger partial charge on any atom is -0.316 e. The normalized spacial score (nSPS) is 27.3. The summed E-state index contributed by atoms with van der Waals surface area (Å²) in [7, 11) is 2.10. The van der Waals surface area contributed by atoms with E-state index in [1.54, 1.807) is 0 Å². The molecule has 0 aromatic carbocycles. The second-order valence-corrected chi connectivity index (χ2v) is 4.58. The molecule has 0 bridgehead atoms. The van der Waals surface area contributed by atoms with Crippen molar-refractivity contribution in [3.05, 3.63) is 0 Å². The molecule has 0 aromatic heterocycles. The monoisotopic (exact) mass is 173 g/mol. The first-order valence-electron chi connectivity index (χ1n) is 4.67. The molecule has 1 rings (SSSR count). The summed E-state index contributed by atoms with van der Waals surface area (Å²) in [5.74, 6) is 1.38. The third-order valence-corrected chi connectivity index (χ3v) is 3.90. The minimum absolute atomic E-state index is 0.771. The average Bonchev–Trinajstić information content (AvgIpc) is 2.52. The molecule has 0 amide bonds. The molecule has 0 radical (unpaired) electrons. The Morgan fingerprint density at radius 1 is 1.64 bits per heavy atom. The second kappa shape index (κ2) is 5.04. The van der Waals surface area contributed by atoms with Crippen LogP contribution >= 0.6 is 11.8 Å². The van der Waals surface area contributed by atoms with Gasteiger partial charge in [-0.05, 0) is 32.1 Å². The van der Waals surface area contributed by atoms with Crippen molar-refractivity contribution < 1.29 is 0 Å². The lowest BCUT2D eigenvalue weighted by Gasteiger charge is -2.21. The van der Waals surface area contributed by atoms with Crippen molar-refractivity contribution in [1.82, 2.24) is 5.32 Å². The summed E-state index contributed by atoms with van der Waals surface area (Å²) >= 11 is 2.15. The van der Waals surface area contributed by atoms with Gasteiger partial charge >= 0.3 is 0 Å². The molecule has 0 saturated carbocycles. The van der Waals surface area contributed by atoms with Gasteiger partial charge in [-0.15, -0.1) is 0 Å². The standard InChI is InChI=1S/C9H19NS/c1-3-5-8(10-2)9-6-4-7-11-9/h8-10H,3-7H2,1-2H3. The van der Waals surface area contributed by atoms with Crippen molar-refractivity contribution >= 4 is 11.8 Å². The van der Waals surface area contributed by atoms with Crippen LogP contribution in [0.15, 0.2) is 0 Å². The Balaban J connectivity index is 2.27. The second-order valence-electron chi connectivity index (χ2n) is 3.24.